The van der Waals surface area contributed by atoms with Crippen LogP contribution in [-0.4, -0.2) is 22.2 Å². The lowest BCUT2D eigenvalue weighted by Crippen LogP contribution is -2.06. The number of nitrogens with one attached hydrogen (secondary N) is 1. The Morgan fingerprint density at radius 3 is 2.38 bits per heavy atom. The van der Waals surface area contributed by atoms with Crippen LogP contribution in [0.4, 0.5) is 14.5 Å². The summed E-state index contributed by atoms with van der Waals surface area (Å²) < 4.78 is 31.6. The Bertz CT molecular complexity index is 711. The molecule has 0 fully saturated rings. The monoisotopic (exact) mass is 297 g/mol. The minimum atomic E-state index is -1.53. The minimum absolute atomic E-state index is 0.0717. The first-order chi connectivity index (χ1) is 9.88. The van der Waals surface area contributed by atoms with E-state index in [4.69, 9.17) is 14.6 Å². The van der Waals surface area contributed by atoms with Crippen molar-refractivity contribution in [3.8, 4) is 0 Å². The zero-order valence-corrected chi connectivity index (χ0v) is 10.4. The number of anilines is 1. The van der Waals surface area contributed by atoms with Crippen molar-refractivity contribution in [3.63, 3.8) is 0 Å². The Morgan fingerprint density at radius 2 is 1.81 bits per heavy atom. The molecule has 1 heterocycles. The molecule has 0 saturated heterocycles. The van der Waals surface area contributed by atoms with Crippen LogP contribution in [0.2, 0.25) is 0 Å². The van der Waals surface area contributed by atoms with E-state index in [1.165, 1.54) is 6.07 Å². The molecule has 2 aromatic rings. The molecule has 0 atom stereocenters. The van der Waals surface area contributed by atoms with Crippen LogP contribution in [0.25, 0.3) is 0 Å². The average Bonchev–Trinajstić information content (AvgIpc) is 2.86. The maximum atomic E-state index is 13.5. The van der Waals surface area contributed by atoms with E-state index < -0.39 is 29.1 Å². The highest BCUT2D eigenvalue weighted by Gasteiger charge is 2.15. The summed E-state index contributed by atoms with van der Waals surface area (Å²) in [4.78, 5) is 21.4. The molecule has 0 saturated carbocycles. The van der Waals surface area contributed by atoms with Crippen LogP contribution >= 0.6 is 0 Å². The molecule has 6 nitrogen and oxygen atoms in total. The first kappa shape index (κ1) is 14.5. The molecule has 0 amide bonds. The van der Waals surface area contributed by atoms with E-state index in [0.717, 1.165) is 12.3 Å². The van der Waals surface area contributed by atoms with Crippen LogP contribution in [0.3, 0.4) is 0 Å². The Morgan fingerprint density at radius 1 is 1.10 bits per heavy atom. The number of hydrogen-bond donors (Lipinski definition) is 3. The van der Waals surface area contributed by atoms with E-state index in [-0.39, 0.29) is 23.6 Å². The van der Waals surface area contributed by atoms with Gasteiger partial charge in [-0.15, -0.1) is 0 Å². The highest BCUT2D eigenvalue weighted by Crippen LogP contribution is 2.21. The van der Waals surface area contributed by atoms with Gasteiger partial charge in [0.2, 0.25) is 0 Å². The number of hydrogen-bond acceptors (Lipinski definition) is 4. The van der Waals surface area contributed by atoms with Gasteiger partial charge in [0.1, 0.15) is 23.7 Å². The molecule has 0 aliphatic rings. The number of carboxylic acids is 2. The SMILES string of the molecule is O=C(O)c1coc(CNc2cc(C(=O)O)c(F)cc2F)c1. The lowest BCUT2D eigenvalue weighted by molar-refractivity contribution is 0.0682. The van der Waals surface area contributed by atoms with Gasteiger partial charge in [-0.1, -0.05) is 0 Å². The molecule has 8 heteroatoms. The molecular formula is C13H9F2NO5. The van der Waals surface area contributed by atoms with Crippen molar-refractivity contribution < 1.29 is 33.0 Å². The second-order valence-electron chi connectivity index (χ2n) is 4.08. The number of aromatic carboxylic acids is 2. The van der Waals surface area contributed by atoms with Crippen molar-refractivity contribution >= 4 is 17.6 Å². The maximum Gasteiger partial charge on any atom is 0.338 e. The molecule has 0 radical (unpaired) electrons. The van der Waals surface area contributed by atoms with Crippen molar-refractivity contribution in [1.29, 1.82) is 0 Å². The van der Waals surface area contributed by atoms with Gasteiger partial charge >= 0.3 is 11.9 Å². The largest absolute Gasteiger partial charge is 0.478 e. The van der Waals surface area contributed by atoms with Gasteiger partial charge in [0, 0.05) is 6.07 Å². The number of rotatable bonds is 5. The quantitative estimate of drug-likeness (QED) is 0.784. The van der Waals surface area contributed by atoms with Crippen LogP contribution in [-0.2, 0) is 6.54 Å². The zero-order chi connectivity index (χ0) is 15.6. The predicted octanol–water partition coefficient (Wildman–Crippen LogP) is 2.57. The van der Waals surface area contributed by atoms with Gasteiger partial charge in [-0.2, -0.15) is 0 Å². The number of furan rings is 1. The Labute approximate surface area is 116 Å². The first-order valence-electron chi connectivity index (χ1n) is 5.65. The molecule has 21 heavy (non-hydrogen) atoms. The average molecular weight is 297 g/mol. The third-order valence-electron chi connectivity index (χ3n) is 2.64. The second kappa shape index (κ2) is 5.61. The summed E-state index contributed by atoms with van der Waals surface area (Å²) in [6, 6.07) is 2.50. The van der Waals surface area contributed by atoms with Gasteiger partial charge in [-0.3, -0.25) is 0 Å². The summed E-state index contributed by atoms with van der Waals surface area (Å²) in [6.07, 6.45) is 1.02. The number of benzene rings is 1. The van der Waals surface area contributed by atoms with Crippen molar-refractivity contribution in [2.45, 2.75) is 6.54 Å². The normalized spacial score (nSPS) is 10.4. The minimum Gasteiger partial charge on any atom is -0.478 e. The fourth-order valence-electron chi connectivity index (χ4n) is 1.62. The Hall–Kier alpha value is -2.90. The molecule has 0 spiro atoms. The smallest absolute Gasteiger partial charge is 0.338 e. The summed E-state index contributed by atoms with van der Waals surface area (Å²) in [5, 5.41) is 20.0. The fraction of sp³-hybridized carbons (Fsp3) is 0.0769. The molecule has 0 aliphatic carbocycles. The van der Waals surface area contributed by atoms with E-state index in [1.807, 2.05) is 0 Å². The highest BCUT2D eigenvalue weighted by atomic mass is 19.1. The Balaban J connectivity index is 2.17. The van der Waals surface area contributed by atoms with E-state index in [0.29, 0.717) is 6.07 Å². The summed E-state index contributed by atoms with van der Waals surface area (Å²) in [5.74, 6) is -4.65. The molecule has 1 aromatic carbocycles. The van der Waals surface area contributed by atoms with Crippen LogP contribution in [0, 0.1) is 11.6 Å². The number of carboxylic acid groups (broad SMARTS) is 2. The number of halogens is 2. The van der Waals surface area contributed by atoms with Crippen molar-refractivity contribution in [2.24, 2.45) is 0 Å². The van der Waals surface area contributed by atoms with Gasteiger partial charge in [0.15, 0.2) is 0 Å². The van der Waals surface area contributed by atoms with E-state index in [1.54, 1.807) is 0 Å². The third-order valence-corrected chi connectivity index (χ3v) is 2.64. The van der Waals surface area contributed by atoms with Gasteiger partial charge in [-0.25, -0.2) is 18.4 Å². The van der Waals surface area contributed by atoms with Crippen LogP contribution in [0.1, 0.15) is 26.5 Å². The Kier molecular flexibility index (Phi) is 3.88. The highest BCUT2D eigenvalue weighted by molar-refractivity contribution is 5.89. The molecule has 0 aliphatic heterocycles. The maximum absolute atomic E-state index is 13.5. The molecule has 0 bridgehead atoms. The van der Waals surface area contributed by atoms with E-state index in [9.17, 15) is 18.4 Å². The topological polar surface area (TPSA) is 99.8 Å². The standard InChI is InChI=1S/C13H9F2NO5/c14-9-3-10(15)11(2-8(9)13(19)20)16-4-7-1-6(5-21-7)12(17)18/h1-3,5,16H,4H2,(H,17,18)(H,19,20). The molecule has 110 valence electrons. The first-order valence-corrected chi connectivity index (χ1v) is 5.65. The summed E-state index contributed by atoms with van der Waals surface area (Å²) in [6.45, 7) is -0.0884. The van der Waals surface area contributed by atoms with Crippen LogP contribution in [0.15, 0.2) is 28.9 Å². The summed E-state index contributed by atoms with van der Waals surface area (Å²) in [7, 11) is 0. The van der Waals surface area contributed by atoms with Gasteiger partial charge in [0.05, 0.1) is 23.4 Å². The zero-order valence-electron chi connectivity index (χ0n) is 10.4. The molecule has 0 unspecified atom stereocenters. The van der Waals surface area contributed by atoms with E-state index in [2.05, 4.69) is 5.32 Å². The fourth-order valence-corrected chi connectivity index (χ4v) is 1.62. The van der Waals surface area contributed by atoms with Crippen LogP contribution < -0.4 is 5.32 Å². The third kappa shape index (κ3) is 3.16. The molecular weight excluding hydrogens is 288 g/mol. The second-order valence-corrected chi connectivity index (χ2v) is 4.08. The van der Waals surface area contributed by atoms with Crippen molar-refractivity contribution in [2.75, 3.05) is 5.32 Å². The van der Waals surface area contributed by atoms with Crippen molar-refractivity contribution in [3.05, 3.63) is 53.0 Å². The molecule has 3 N–H and O–H groups in total. The molecule has 2 rings (SSSR count). The molecule has 1 aromatic heterocycles. The van der Waals surface area contributed by atoms with Gasteiger partial charge in [0.25, 0.3) is 0 Å². The van der Waals surface area contributed by atoms with Gasteiger partial charge < -0.3 is 19.9 Å². The van der Waals surface area contributed by atoms with E-state index >= 15 is 0 Å². The predicted molar refractivity (Wildman–Crippen MR) is 66.3 cm³/mol. The summed E-state index contributed by atoms with van der Waals surface area (Å²) >= 11 is 0. The summed E-state index contributed by atoms with van der Waals surface area (Å²) in [5.41, 5.74) is -0.982. The number of carbonyl (C=O) groups is 2. The van der Waals surface area contributed by atoms with Gasteiger partial charge in [-0.05, 0) is 12.1 Å². The lowest BCUT2D eigenvalue weighted by Gasteiger charge is -2.07. The van der Waals surface area contributed by atoms with Crippen molar-refractivity contribution in [1.82, 2.24) is 0 Å². The lowest BCUT2D eigenvalue weighted by atomic mass is 10.1. The van der Waals surface area contributed by atoms with Crippen LogP contribution in [0.5, 0.6) is 0 Å².